The van der Waals surface area contributed by atoms with Crippen LogP contribution in [0.4, 0.5) is 5.13 Å². The van der Waals surface area contributed by atoms with Gasteiger partial charge in [-0.1, -0.05) is 89.8 Å². The molecule has 144 valence electrons. The summed E-state index contributed by atoms with van der Waals surface area (Å²) in [6, 6.07) is 19.8. The fourth-order valence-electron chi connectivity index (χ4n) is 2.60. The van der Waals surface area contributed by atoms with Gasteiger partial charge in [-0.25, -0.2) is 0 Å². The van der Waals surface area contributed by atoms with Crippen molar-refractivity contribution in [1.82, 2.24) is 15.5 Å². The number of anilines is 1. The van der Waals surface area contributed by atoms with E-state index in [4.69, 9.17) is 0 Å². The molecule has 1 aromatic heterocycles. The fourth-order valence-corrected chi connectivity index (χ4v) is 4.51. The molecule has 3 aromatic rings. The molecule has 0 aliphatic carbocycles. The molecule has 28 heavy (non-hydrogen) atoms. The van der Waals surface area contributed by atoms with Crippen LogP contribution in [0.5, 0.6) is 0 Å². The minimum Gasteiger partial charge on any atom is -0.357 e. The topological polar surface area (TPSA) is 66.9 Å². The molecule has 0 aliphatic heterocycles. The van der Waals surface area contributed by atoms with Crippen LogP contribution in [0.1, 0.15) is 24.1 Å². The maximum atomic E-state index is 12.9. The van der Waals surface area contributed by atoms with Crippen molar-refractivity contribution in [3.8, 4) is 0 Å². The fraction of sp³-hybridized carbons (Fsp3) is 0.190. The molecule has 3 rings (SSSR count). The van der Waals surface area contributed by atoms with Gasteiger partial charge in [0.2, 0.25) is 11.0 Å². The maximum Gasteiger partial charge on any atom is 0.234 e. The number of nitrogens with zero attached hydrogens (tertiary/aromatic N) is 2. The van der Waals surface area contributed by atoms with Crippen LogP contribution >= 0.6 is 23.1 Å². The number of hydrogen-bond donors (Lipinski definition) is 2. The zero-order valence-corrected chi connectivity index (χ0v) is 17.2. The first kappa shape index (κ1) is 20.1. The highest BCUT2D eigenvalue weighted by Gasteiger charge is 2.22. The molecule has 0 unspecified atom stereocenters. The predicted octanol–water partition coefficient (Wildman–Crippen LogP) is 4.52. The van der Waals surface area contributed by atoms with E-state index in [1.54, 1.807) is 6.08 Å². The van der Waals surface area contributed by atoms with Gasteiger partial charge in [0, 0.05) is 6.54 Å². The quantitative estimate of drug-likeness (QED) is 0.401. The van der Waals surface area contributed by atoms with Crippen LogP contribution in [-0.4, -0.2) is 27.9 Å². The van der Waals surface area contributed by atoms with Gasteiger partial charge < -0.3 is 10.6 Å². The summed E-state index contributed by atoms with van der Waals surface area (Å²) in [5.41, 5.74) is 2.09. The van der Waals surface area contributed by atoms with E-state index in [9.17, 15) is 4.79 Å². The summed E-state index contributed by atoms with van der Waals surface area (Å²) in [4.78, 5) is 12.9. The Bertz CT molecular complexity index is 860. The van der Waals surface area contributed by atoms with E-state index in [1.807, 2.05) is 67.6 Å². The minimum absolute atomic E-state index is 0.0430. The van der Waals surface area contributed by atoms with Gasteiger partial charge in [-0.05, 0) is 18.1 Å². The first-order valence-electron chi connectivity index (χ1n) is 8.92. The van der Waals surface area contributed by atoms with Crippen molar-refractivity contribution in [3.05, 3.63) is 84.4 Å². The average molecular weight is 411 g/mol. The molecule has 0 radical (unpaired) electrons. The number of aromatic nitrogens is 2. The third kappa shape index (κ3) is 5.43. The molecule has 0 saturated carbocycles. The zero-order chi connectivity index (χ0) is 19.8. The Hall–Kier alpha value is -2.64. The van der Waals surface area contributed by atoms with Crippen molar-refractivity contribution in [2.75, 3.05) is 11.9 Å². The third-order valence-corrected chi connectivity index (χ3v) is 6.07. The van der Waals surface area contributed by atoms with Crippen LogP contribution < -0.4 is 10.6 Å². The Kier molecular flexibility index (Phi) is 7.22. The lowest BCUT2D eigenvalue weighted by Crippen LogP contribution is -2.34. The SMILES string of the molecule is C=CCNc1nnc(S[C@H](C)C(=O)NC(c2ccccc2)c2ccccc2)s1. The van der Waals surface area contributed by atoms with Crippen LogP contribution in [0.2, 0.25) is 0 Å². The smallest absolute Gasteiger partial charge is 0.234 e. The molecule has 0 fully saturated rings. The van der Waals surface area contributed by atoms with E-state index in [-0.39, 0.29) is 17.2 Å². The van der Waals surface area contributed by atoms with Gasteiger partial charge in [-0.2, -0.15) is 0 Å². The van der Waals surface area contributed by atoms with Crippen molar-refractivity contribution in [1.29, 1.82) is 0 Å². The first-order valence-corrected chi connectivity index (χ1v) is 10.6. The number of rotatable bonds is 9. The van der Waals surface area contributed by atoms with Gasteiger partial charge in [0.25, 0.3) is 0 Å². The van der Waals surface area contributed by atoms with E-state index in [0.717, 1.165) is 20.6 Å². The number of amides is 1. The standard InChI is InChI=1S/C21H22N4OS2/c1-3-14-22-20-24-25-21(28-20)27-15(2)19(26)23-18(16-10-6-4-7-11-16)17-12-8-5-9-13-17/h3-13,15,18H,1,14H2,2H3,(H,22,24)(H,23,26)/t15-/m1/s1. The van der Waals surface area contributed by atoms with Gasteiger partial charge >= 0.3 is 0 Å². The summed E-state index contributed by atoms with van der Waals surface area (Å²) < 4.78 is 0.755. The Labute approximate surface area is 173 Å². The predicted molar refractivity (Wildman–Crippen MR) is 117 cm³/mol. The molecule has 2 N–H and O–H groups in total. The van der Waals surface area contributed by atoms with Gasteiger partial charge in [0.1, 0.15) is 0 Å². The van der Waals surface area contributed by atoms with Gasteiger partial charge in [0.05, 0.1) is 11.3 Å². The van der Waals surface area contributed by atoms with Crippen LogP contribution in [0.3, 0.4) is 0 Å². The second kappa shape index (κ2) is 10.1. The molecule has 0 saturated heterocycles. The number of benzene rings is 2. The summed E-state index contributed by atoms with van der Waals surface area (Å²) in [7, 11) is 0. The number of carbonyl (C=O) groups excluding carboxylic acids is 1. The minimum atomic E-state index is -0.296. The van der Waals surface area contributed by atoms with E-state index >= 15 is 0 Å². The van der Waals surface area contributed by atoms with Gasteiger partial charge in [-0.3, -0.25) is 4.79 Å². The summed E-state index contributed by atoms with van der Waals surface area (Å²) >= 11 is 2.84. The van der Waals surface area contributed by atoms with Crippen LogP contribution in [0.25, 0.3) is 0 Å². The monoisotopic (exact) mass is 410 g/mol. The van der Waals surface area contributed by atoms with Crippen molar-refractivity contribution < 1.29 is 4.79 Å². The number of hydrogen-bond acceptors (Lipinski definition) is 6. The highest BCUT2D eigenvalue weighted by atomic mass is 32.2. The molecule has 0 spiro atoms. The van der Waals surface area contributed by atoms with E-state index in [1.165, 1.54) is 23.1 Å². The van der Waals surface area contributed by atoms with Crippen molar-refractivity contribution >= 4 is 34.1 Å². The average Bonchev–Trinajstić information content (AvgIpc) is 3.18. The molecule has 5 nitrogen and oxygen atoms in total. The second-order valence-corrected chi connectivity index (χ2v) is 8.63. The zero-order valence-electron chi connectivity index (χ0n) is 15.5. The molecular formula is C21H22N4OS2. The van der Waals surface area contributed by atoms with Crippen LogP contribution in [0, 0.1) is 0 Å². The van der Waals surface area contributed by atoms with Crippen molar-refractivity contribution in [2.24, 2.45) is 0 Å². The van der Waals surface area contributed by atoms with Crippen LogP contribution in [0.15, 0.2) is 77.7 Å². The Morgan fingerprint density at radius 1 is 1.11 bits per heavy atom. The van der Waals surface area contributed by atoms with E-state index in [0.29, 0.717) is 6.54 Å². The molecule has 1 amide bonds. The Balaban J connectivity index is 1.69. The Morgan fingerprint density at radius 3 is 2.29 bits per heavy atom. The summed E-state index contributed by atoms with van der Waals surface area (Å²) in [5, 5.41) is 14.9. The highest BCUT2D eigenvalue weighted by molar-refractivity contribution is 8.02. The lowest BCUT2D eigenvalue weighted by molar-refractivity contribution is -0.120. The van der Waals surface area contributed by atoms with Crippen LogP contribution in [-0.2, 0) is 4.79 Å². The first-order chi connectivity index (χ1) is 13.7. The Morgan fingerprint density at radius 2 is 1.71 bits per heavy atom. The number of carbonyl (C=O) groups is 1. The molecule has 1 heterocycles. The summed E-state index contributed by atoms with van der Waals surface area (Å²) in [5.74, 6) is -0.0430. The molecule has 1 atom stereocenters. The largest absolute Gasteiger partial charge is 0.357 e. The number of thioether (sulfide) groups is 1. The number of nitrogens with one attached hydrogen (secondary N) is 2. The lowest BCUT2D eigenvalue weighted by atomic mass is 9.98. The van der Waals surface area contributed by atoms with Gasteiger partial charge in [-0.15, -0.1) is 16.8 Å². The molecule has 2 aromatic carbocycles. The highest BCUT2D eigenvalue weighted by Crippen LogP contribution is 2.30. The lowest BCUT2D eigenvalue weighted by Gasteiger charge is -2.21. The van der Waals surface area contributed by atoms with E-state index < -0.39 is 0 Å². The molecule has 0 aliphatic rings. The maximum absolute atomic E-state index is 12.9. The van der Waals surface area contributed by atoms with Crippen molar-refractivity contribution in [3.63, 3.8) is 0 Å². The van der Waals surface area contributed by atoms with E-state index in [2.05, 4.69) is 27.4 Å². The van der Waals surface area contributed by atoms with Crippen molar-refractivity contribution in [2.45, 2.75) is 22.6 Å². The van der Waals surface area contributed by atoms with Gasteiger partial charge in [0.15, 0.2) is 4.34 Å². The summed E-state index contributed by atoms with van der Waals surface area (Å²) in [6.07, 6.45) is 1.76. The molecule has 0 bridgehead atoms. The molecule has 7 heteroatoms. The second-order valence-electron chi connectivity index (χ2n) is 6.07. The normalized spacial score (nSPS) is 11.8. The third-order valence-electron chi connectivity index (χ3n) is 4.00. The summed E-state index contributed by atoms with van der Waals surface area (Å²) in [6.45, 7) is 6.18. The molecular weight excluding hydrogens is 388 g/mol.